The van der Waals surface area contributed by atoms with E-state index in [1.807, 2.05) is 0 Å². The number of nitrogens with zero attached hydrogens (tertiary/aromatic N) is 6. The molecule has 0 radical (unpaired) electrons. The van der Waals surface area contributed by atoms with Gasteiger partial charge in [-0.15, -0.1) is 0 Å². The largest absolute Gasteiger partial charge is 1.00 e. The lowest BCUT2D eigenvalue weighted by Crippen LogP contribution is -3.00. The van der Waals surface area contributed by atoms with Gasteiger partial charge in [-0.2, -0.15) is 13.2 Å². The summed E-state index contributed by atoms with van der Waals surface area (Å²) in [5.41, 5.74) is 0.616. The molecule has 23 heavy (non-hydrogen) atoms. The Morgan fingerprint density at radius 1 is 1.39 bits per heavy atom. The third-order valence-corrected chi connectivity index (χ3v) is 2.71. The predicted molar refractivity (Wildman–Crippen MR) is 75.8 cm³/mol. The molecule has 0 saturated carbocycles. The zero-order valence-corrected chi connectivity index (χ0v) is 14.2. The molecule has 10 heteroatoms. The molecule has 0 aliphatic rings. The number of hydrogen-bond acceptors (Lipinski definition) is 3. The predicted octanol–water partition coefficient (Wildman–Crippen LogP) is -1.31. The second-order valence-corrected chi connectivity index (χ2v) is 4.88. The van der Waals surface area contributed by atoms with Gasteiger partial charge in [-0.3, -0.25) is 4.57 Å². The highest BCUT2D eigenvalue weighted by Gasteiger charge is 2.31. The van der Waals surface area contributed by atoms with Gasteiger partial charge >= 0.3 is 6.18 Å². The molecule has 0 saturated heterocycles. The molecule has 0 unspecified atom stereocenters. The molecular weight excluding hydrogens is 377 g/mol. The van der Waals surface area contributed by atoms with Crippen molar-refractivity contribution in [2.24, 2.45) is 4.99 Å². The zero-order valence-electron chi connectivity index (χ0n) is 12.6. The van der Waals surface area contributed by atoms with Gasteiger partial charge in [0.2, 0.25) is 6.33 Å². The monoisotopic (exact) mass is 392 g/mol. The molecule has 0 bridgehead atoms. The SMILES string of the molecule is C=CC[n+]1cnc(/N=C/N(C)C)c2c1ncn2CC(F)(F)F.[Br-]. The number of halogens is 4. The first-order valence-electron chi connectivity index (χ1n) is 6.43. The summed E-state index contributed by atoms with van der Waals surface area (Å²) in [7, 11) is 3.52. The fraction of sp³-hybridized carbons (Fsp3) is 0.385. The maximum Gasteiger partial charge on any atom is 0.406 e. The van der Waals surface area contributed by atoms with Crippen LogP contribution in [-0.4, -0.2) is 46.0 Å². The lowest BCUT2D eigenvalue weighted by atomic mass is 10.4. The molecule has 0 fully saturated rings. The van der Waals surface area contributed by atoms with Gasteiger partial charge in [0, 0.05) is 14.1 Å². The van der Waals surface area contributed by atoms with E-state index in [0.717, 1.165) is 10.9 Å². The Balaban J connectivity index is 0.00000264. The molecule has 2 rings (SSSR count). The van der Waals surface area contributed by atoms with Crippen molar-refractivity contribution in [3.63, 3.8) is 0 Å². The van der Waals surface area contributed by atoms with Crippen LogP contribution < -0.4 is 21.5 Å². The summed E-state index contributed by atoms with van der Waals surface area (Å²) in [4.78, 5) is 14.0. The van der Waals surface area contributed by atoms with Gasteiger partial charge in [-0.1, -0.05) is 22.6 Å². The highest BCUT2D eigenvalue weighted by atomic mass is 79.9. The van der Waals surface area contributed by atoms with Gasteiger partial charge in [-0.25, -0.2) is 9.56 Å². The quantitative estimate of drug-likeness (QED) is 0.275. The van der Waals surface area contributed by atoms with Gasteiger partial charge in [-0.05, 0) is 0 Å². The maximum atomic E-state index is 12.7. The van der Waals surface area contributed by atoms with E-state index in [4.69, 9.17) is 0 Å². The number of rotatable bonds is 5. The number of aliphatic imine (C=N–C) groups is 1. The minimum absolute atomic E-state index is 0. The number of allylic oxidation sites excluding steroid dienone is 1. The minimum atomic E-state index is -4.35. The third-order valence-electron chi connectivity index (χ3n) is 2.71. The van der Waals surface area contributed by atoms with Crippen LogP contribution in [0.3, 0.4) is 0 Å². The van der Waals surface area contributed by atoms with Crippen molar-refractivity contribution in [2.45, 2.75) is 19.3 Å². The summed E-state index contributed by atoms with van der Waals surface area (Å²) in [5, 5.41) is 0. The van der Waals surface area contributed by atoms with Crippen LogP contribution in [0, 0.1) is 0 Å². The summed E-state index contributed by atoms with van der Waals surface area (Å²) >= 11 is 0. The van der Waals surface area contributed by atoms with Gasteiger partial charge in [0.15, 0.2) is 11.8 Å². The molecule has 0 atom stereocenters. The molecule has 0 spiro atoms. The maximum absolute atomic E-state index is 12.7. The van der Waals surface area contributed by atoms with Crippen molar-refractivity contribution < 1.29 is 34.7 Å². The summed E-state index contributed by atoms with van der Waals surface area (Å²) in [6.45, 7) is 2.86. The first-order chi connectivity index (χ1) is 10.3. The summed E-state index contributed by atoms with van der Waals surface area (Å²) in [5.74, 6) is 0.186. The standard InChI is InChI=1S/C13H16F3N6.BrH/c1-4-5-21-8-18-11(17-7-20(2)3)10-12(21)19-9-22(10)6-13(14,15)16;/h4,7-9H,1,5-6H2,2-3H3;1H/q+1;/p-1. The normalized spacial score (nSPS) is 11.7. The Kier molecular flexibility index (Phi) is 6.25. The topological polar surface area (TPSA) is 50.2 Å². The number of hydrogen-bond donors (Lipinski definition) is 0. The van der Waals surface area contributed by atoms with Crippen LogP contribution in [0.5, 0.6) is 0 Å². The molecule has 6 nitrogen and oxygen atoms in total. The van der Waals surface area contributed by atoms with Gasteiger partial charge in [0.05, 0.1) is 12.9 Å². The molecule has 0 aliphatic carbocycles. The van der Waals surface area contributed by atoms with Crippen LogP contribution in [0.4, 0.5) is 19.0 Å². The Morgan fingerprint density at radius 3 is 2.65 bits per heavy atom. The van der Waals surface area contributed by atoms with E-state index in [1.54, 1.807) is 29.6 Å². The van der Waals surface area contributed by atoms with Crippen molar-refractivity contribution in [2.75, 3.05) is 14.1 Å². The second kappa shape index (κ2) is 7.53. The highest BCUT2D eigenvalue weighted by Crippen LogP contribution is 2.24. The molecule has 126 valence electrons. The fourth-order valence-electron chi connectivity index (χ4n) is 1.90. The zero-order chi connectivity index (χ0) is 16.3. The number of alkyl halides is 3. The van der Waals surface area contributed by atoms with Gasteiger partial charge in [0.1, 0.15) is 6.54 Å². The average Bonchev–Trinajstić information content (AvgIpc) is 2.80. The number of aromatic nitrogens is 4. The summed E-state index contributed by atoms with van der Waals surface area (Å²) < 4.78 is 40.7. The Morgan fingerprint density at radius 2 is 2.09 bits per heavy atom. The van der Waals surface area contributed by atoms with E-state index < -0.39 is 12.7 Å². The van der Waals surface area contributed by atoms with E-state index in [1.165, 1.54) is 12.7 Å². The van der Waals surface area contributed by atoms with E-state index in [2.05, 4.69) is 21.5 Å². The highest BCUT2D eigenvalue weighted by molar-refractivity contribution is 5.81. The molecule has 0 aliphatic heterocycles. The Labute approximate surface area is 141 Å². The van der Waals surface area contributed by atoms with Crippen LogP contribution in [0.2, 0.25) is 0 Å². The number of fused-ring (bicyclic) bond motifs is 1. The summed E-state index contributed by atoms with van der Waals surface area (Å²) in [6.07, 6.45) is 1.37. The molecule has 2 aromatic heterocycles. The van der Waals surface area contributed by atoms with Crippen molar-refractivity contribution in [3.05, 3.63) is 25.3 Å². The first-order valence-corrected chi connectivity index (χ1v) is 6.43. The van der Waals surface area contributed by atoms with Gasteiger partial charge in [0.25, 0.3) is 11.5 Å². The molecule has 0 amide bonds. The number of imidazole rings is 1. The molecule has 2 heterocycles. The van der Waals surface area contributed by atoms with Crippen molar-refractivity contribution in [1.82, 2.24) is 19.4 Å². The Hall–Kier alpha value is -1.97. The first kappa shape index (κ1) is 19.1. The Bertz CT molecular complexity index is 708. The molecule has 0 aromatic carbocycles. The fourth-order valence-corrected chi connectivity index (χ4v) is 1.90. The van der Waals surface area contributed by atoms with Crippen LogP contribution in [0.25, 0.3) is 11.2 Å². The van der Waals surface area contributed by atoms with Crippen LogP contribution in [0.15, 0.2) is 30.3 Å². The minimum Gasteiger partial charge on any atom is -1.00 e. The van der Waals surface area contributed by atoms with Gasteiger partial charge < -0.3 is 21.9 Å². The third kappa shape index (κ3) is 4.75. The van der Waals surface area contributed by atoms with E-state index in [0.29, 0.717) is 12.2 Å². The molecule has 2 aromatic rings. The lowest BCUT2D eigenvalue weighted by molar-refractivity contribution is -0.665. The van der Waals surface area contributed by atoms with E-state index in [9.17, 15) is 13.2 Å². The summed E-state index contributed by atoms with van der Waals surface area (Å²) in [6, 6.07) is 0. The van der Waals surface area contributed by atoms with E-state index >= 15 is 0 Å². The smallest absolute Gasteiger partial charge is 0.406 e. The molecular formula is C13H16BrF3N6. The van der Waals surface area contributed by atoms with Crippen molar-refractivity contribution in [1.29, 1.82) is 0 Å². The van der Waals surface area contributed by atoms with E-state index in [-0.39, 0.29) is 28.3 Å². The van der Waals surface area contributed by atoms with Crippen LogP contribution in [0.1, 0.15) is 0 Å². The average molecular weight is 393 g/mol. The molecule has 0 N–H and O–H groups in total. The van der Waals surface area contributed by atoms with Crippen LogP contribution >= 0.6 is 0 Å². The second-order valence-electron chi connectivity index (χ2n) is 4.88. The van der Waals surface area contributed by atoms with Crippen molar-refractivity contribution >= 4 is 23.3 Å². The lowest BCUT2D eigenvalue weighted by Gasteiger charge is -2.08. The van der Waals surface area contributed by atoms with Crippen molar-refractivity contribution in [3.8, 4) is 0 Å². The van der Waals surface area contributed by atoms with Crippen LogP contribution in [-0.2, 0) is 13.1 Å².